The van der Waals surface area contributed by atoms with E-state index in [9.17, 15) is 5.11 Å². The van der Waals surface area contributed by atoms with Gasteiger partial charge in [-0.15, -0.1) is 0 Å². The van der Waals surface area contributed by atoms with Gasteiger partial charge >= 0.3 is 0 Å². The number of likely N-dealkylation sites (tertiary alicyclic amines) is 1. The molecular weight excluding hydrogens is 242 g/mol. The van der Waals surface area contributed by atoms with Gasteiger partial charge in [0.15, 0.2) is 11.5 Å². The number of aliphatic hydroxyl groups is 1. The van der Waals surface area contributed by atoms with Gasteiger partial charge in [-0.1, -0.05) is 6.07 Å². The van der Waals surface area contributed by atoms with Gasteiger partial charge in [-0.05, 0) is 37.0 Å². The fourth-order valence-corrected chi connectivity index (χ4v) is 3.14. The Bertz CT molecular complexity index is 500. The third-order valence-electron chi connectivity index (χ3n) is 4.42. The highest BCUT2D eigenvalue weighted by Gasteiger charge is 2.43. The zero-order valence-corrected chi connectivity index (χ0v) is 11.0. The molecule has 1 unspecified atom stereocenters. The number of fused-ring (bicyclic) bond motifs is 1. The fourth-order valence-electron chi connectivity index (χ4n) is 3.14. The Morgan fingerprint density at radius 3 is 2.74 bits per heavy atom. The van der Waals surface area contributed by atoms with Crippen molar-refractivity contribution in [1.82, 2.24) is 4.90 Å². The van der Waals surface area contributed by atoms with E-state index < -0.39 is 5.60 Å². The SMILES string of the molecule is OC1(c2ccc3c(c2)OCCO3)CCN(C2CC2)C1. The molecule has 4 rings (SSSR count). The summed E-state index contributed by atoms with van der Waals surface area (Å²) in [5.41, 5.74) is 0.234. The Hall–Kier alpha value is -1.26. The van der Waals surface area contributed by atoms with Crippen LogP contribution in [0, 0.1) is 0 Å². The number of ether oxygens (including phenoxy) is 2. The van der Waals surface area contributed by atoms with Crippen LogP contribution in [-0.2, 0) is 5.60 Å². The largest absolute Gasteiger partial charge is 0.486 e. The van der Waals surface area contributed by atoms with Crippen LogP contribution in [0.4, 0.5) is 0 Å². The van der Waals surface area contributed by atoms with Crippen molar-refractivity contribution in [2.45, 2.75) is 30.9 Å². The summed E-state index contributed by atoms with van der Waals surface area (Å²) in [6, 6.07) is 6.56. The van der Waals surface area contributed by atoms with Crippen molar-refractivity contribution in [3.63, 3.8) is 0 Å². The molecule has 4 nitrogen and oxygen atoms in total. The fraction of sp³-hybridized carbons (Fsp3) is 0.600. The van der Waals surface area contributed by atoms with Gasteiger partial charge in [0.2, 0.25) is 0 Å². The molecule has 2 aliphatic heterocycles. The molecule has 2 fully saturated rings. The molecule has 1 aliphatic carbocycles. The lowest BCUT2D eigenvalue weighted by atomic mass is 9.92. The summed E-state index contributed by atoms with van der Waals surface area (Å²) >= 11 is 0. The van der Waals surface area contributed by atoms with Gasteiger partial charge in [-0.25, -0.2) is 0 Å². The lowest BCUT2D eigenvalue weighted by molar-refractivity contribution is 0.0446. The second-order valence-electron chi connectivity index (χ2n) is 5.84. The van der Waals surface area contributed by atoms with Crippen LogP contribution in [0.5, 0.6) is 11.5 Å². The smallest absolute Gasteiger partial charge is 0.161 e. The van der Waals surface area contributed by atoms with Crippen molar-refractivity contribution >= 4 is 0 Å². The number of hydrogen-bond donors (Lipinski definition) is 1. The van der Waals surface area contributed by atoms with Crippen LogP contribution in [0.3, 0.4) is 0 Å². The average Bonchev–Trinajstić information content (AvgIpc) is 3.22. The number of nitrogens with zero attached hydrogens (tertiary/aromatic N) is 1. The summed E-state index contributed by atoms with van der Waals surface area (Å²) in [4.78, 5) is 2.41. The normalized spacial score (nSPS) is 30.6. The third kappa shape index (κ3) is 1.99. The van der Waals surface area contributed by atoms with Crippen LogP contribution in [0.2, 0.25) is 0 Å². The molecular formula is C15H19NO3. The minimum absolute atomic E-state index is 0.586. The summed E-state index contributed by atoms with van der Waals surface area (Å²) in [5.74, 6) is 1.55. The minimum Gasteiger partial charge on any atom is -0.486 e. The molecule has 1 aromatic carbocycles. The van der Waals surface area contributed by atoms with E-state index in [0.29, 0.717) is 19.3 Å². The zero-order valence-electron chi connectivity index (χ0n) is 11.0. The second-order valence-corrected chi connectivity index (χ2v) is 5.84. The van der Waals surface area contributed by atoms with Crippen molar-refractivity contribution in [3.05, 3.63) is 23.8 Å². The van der Waals surface area contributed by atoms with E-state index in [0.717, 1.165) is 36.6 Å². The maximum atomic E-state index is 10.9. The lowest BCUT2D eigenvalue weighted by Gasteiger charge is -2.26. The quantitative estimate of drug-likeness (QED) is 0.876. The molecule has 1 atom stereocenters. The summed E-state index contributed by atoms with van der Waals surface area (Å²) < 4.78 is 11.1. The maximum Gasteiger partial charge on any atom is 0.161 e. The highest BCUT2D eigenvalue weighted by Crippen LogP contribution is 2.41. The Kier molecular flexibility index (Phi) is 2.50. The molecule has 0 aromatic heterocycles. The first-order chi connectivity index (χ1) is 9.24. The highest BCUT2D eigenvalue weighted by molar-refractivity contribution is 5.45. The van der Waals surface area contributed by atoms with Crippen LogP contribution >= 0.6 is 0 Å². The molecule has 102 valence electrons. The van der Waals surface area contributed by atoms with Gasteiger partial charge in [0.05, 0.1) is 0 Å². The summed E-state index contributed by atoms with van der Waals surface area (Å²) in [6.07, 6.45) is 3.39. The molecule has 1 saturated heterocycles. The van der Waals surface area contributed by atoms with E-state index in [4.69, 9.17) is 9.47 Å². The first-order valence-electron chi connectivity index (χ1n) is 7.11. The molecule has 0 spiro atoms. The molecule has 0 radical (unpaired) electrons. The average molecular weight is 261 g/mol. The number of rotatable bonds is 2. The van der Waals surface area contributed by atoms with Crippen LogP contribution in [0.15, 0.2) is 18.2 Å². The van der Waals surface area contributed by atoms with Gasteiger partial charge in [0, 0.05) is 19.1 Å². The number of β-amino-alcohol motifs (C(OH)–C–C–N with tert-alkyl or cyclic N) is 1. The predicted octanol–water partition coefficient (Wildman–Crippen LogP) is 1.51. The molecule has 1 aromatic rings. The first-order valence-corrected chi connectivity index (χ1v) is 7.11. The van der Waals surface area contributed by atoms with Gasteiger partial charge in [-0.3, -0.25) is 4.90 Å². The number of hydrogen-bond acceptors (Lipinski definition) is 4. The van der Waals surface area contributed by atoms with E-state index in [-0.39, 0.29) is 0 Å². The Morgan fingerprint density at radius 1 is 1.16 bits per heavy atom. The van der Waals surface area contributed by atoms with Crippen molar-refractivity contribution in [3.8, 4) is 11.5 Å². The van der Waals surface area contributed by atoms with Crippen molar-refractivity contribution in [2.75, 3.05) is 26.3 Å². The highest BCUT2D eigenvalue weighted by atomic mass is 16.6. The molecule has 4 heteroatoms. The Labute approximate surface area is 112 Å². The van der Waals surface area contributed by atoms with Gasteiger partial charge in [0.1, 0.15) is 18.8 Å². The van der Waals surface area contributed by atoms with E-state index >= 15 is 0 Å². The van der Waals surface area contributed by atoms with Gasteiger partial charge in [0.25, 0.3) is 0 Å². The Balaban J connectivity index is 1.61. The number of benzene rings is 1. The third-order valence-corrected chi connectivity index (χ3v) is 4.42. The van der Waals surface area contributed by atoms with E-state index in [2.05, 4.69) is 4.90 Å². The molecule has 0 amide bonds. The Morgan fingerprint density at radius 2 is 1.95 bits per heavy atom. The molecule has 1 saturated carbocycles. The van der Waals surface area contributed by atoms with E-state index in [1.807, 2.05) is 18.2 Å². The molecule has 2 heterocycles. The minimum atomic E-state index is -0.724. The molecule has 3 aliphatic rings. The van der Waals surface area contributed by atoms with E-state index in [1.165, 1.54) is 12.8 Å². The first kappa shape index (κ1) is 11.6. The maximum absolute atomic E-state index is 10.9. The van der Waals surface area contributed by atoms with Gasteiger partial charge < -0.3 is 14.6 Å². The summed E-state index contributed by atoms with van der Waals surface area (Å²) in [7, 11) is 0. The van der Waals surface area contributed by atoms with E-state index in [1.54, 1.807) is 0 Å². The van der Waals surface area contributed by atoms with Crippen LogP contribution in [0.1, 0.15) is 24.8 Å². The van der Waals surface area contributed by atoms with Gasteiger partial charge in [-0.2, -0.15) is 0 Å². The van der Waals surface area contributed by atoms with Crippen molar-refractivity contribution in [2.24, 2.45) is 0 Å². The molecule has 0 bridgehead atoms. The second kappa shape index (κ2) is 4.12. The molecule has 19 heavy (non-hydrogen) atoms. The standard InChI is InChI=1S/C15H19NO3/c17-15(5-6-16(10-15)12-2-3-12)11-1-4-13-14(9-11)19-8-7-18-13/h1,4,9,12,17H,2-3,5-8,10H2. The summed E-state index contributed by atoms with van der Waals surface area (Å²) in [6.45, 7) is 2.93. The predicted molar refractivity (Wildman–Crippen MR) is 70.5 cm³/mol. The monoisotopic (exact) mass is 261 g/mol. The van der Waals surface area contributed by atoms with Crippen LogP contribution in [-0.4, -0.2) is 42.4 Å². The van der Waals surface area contributed by atoms with Crippen LogP contribution < -0.4 is 9.47 Å². The van der Waals surface area contributed by atoms with Crippen molar-refractivity contribution in [1.29, 1.82) is 0 Å². The molecule has 1 N–H and O–H groups in total. The topological polar surface area (TPSA) is 41.9 Å². The van der Waals surface area contributed by atoms with Crippen LogP contribution in [0.25, 0.3) is 0 Å². The van der Waals surface area contributed by atoms with Crippen molar-refractivity contribution < 1.29 is 14.6 Å². The lowest BCUT2D eigenvalue weighted by Crippen LogP contribution is -2.32. The zero-order chi connectivity index (χ0) is 12.9. The summed E-state index contributed by atoms with van der Waals surface area (Å²) in [5, 5.41) is 10.9.